The molecule has 0 radical (unpaired) electrons. The summed E-state index contributed by atoms with van der Waals surface area (Å²) >= 11 is 3.34. The largest absolute Gasteiger partial charge is 0.485 e. The number of Topliss-reactive ketones (excluding diaryl/α,β-unsaturated/α-hetero) is 1. The first kappa shape index (κ1) is 14.7. The van der Waals surface area contributed by atoms with Gasteiger partial charge in [-0.3, -0.25) is 9.48 Å². The van der Waals surface area contributed by atoms with Crippen molar-refractivity contribution in [2.75, 3.05) is 20.3 Å². The standard InChI is InChI=1S/C14H15BrN2O3/c1-19-8-7-17-14(12(15)9-16-17)13(18)10-20-11-5-3-2-4-6-11/h2-6,9H,7-8,10H2,1H3. The molecule has 0 saturated carbocycles. The Morgan fingerprint density at radius 2 is 2.10 bits per heavy atom. The fourth-order valence-corrected chi connectivity index (χ4v) is 2.24. The molecule has 106 valence electrons. The predicted molar refractivity (Wildman–Crippen MR) is 78.1 cm³/mol. The quantitative estimate of drug-likeness (QED) is 0.728. The molecular weight excluding hydrogens is 324 g/mol. The second kappa shape index (κ2) is 7.21. The molecular formula is C14H15BrN2O3. The highest BCUT2D eigenvalue weighted by atomic mass is 79.9. The second-order valence-corrected chi connectivity index (χ2v) is 4.94. The van der Waals surface area contributed by atoms with Crippen molar-refractivity contribution in [2.24, 2.45) is 0 Å². The van der Waals surface area contributed by atoms with E-state index in [0.717, 1.165) is 0 Å². The van der Waals surface area contributed by atoms with E-state index in [1.807, 2.05) is 30.3 Å². The van der Waals surface area contributed by atoms with Crippen LogP contribution in [0.4, 0.5) is 0 Å². The van der Waals surface area contributed by atoms with E-state index >= 15 is 0 Å². The number of nitrogens with zero attached hydrogens (tertiary/aromatic N) is 2. The van der Waals surface area contributed by atoms with Gasteiger partial charge in [-0.05, 0) is 28.1 Å². The minimum atomic E-state index is -0.130. The van der Waals surface area contributed by atoms with Crippen LogP contribution in [-0.2, 0) is 11.3 Å². The first-order valence-corrected chi connectivity index (χ1v) is 6.93. The van der Waals surface area contributed by atoms with E-state index in [0.29, 0.717) is 29.1 Å². The van der Waals surface area contributed by atoms with Gasteiger partial charge in [0.25, 0.3) is 0 Å². The Morgan fingerprint density at radius 3 is 2.80 bits per heavy atom. The molecule has 1 heterocycles. The van der Waals surface area contributed by atoms with Crippen molar-refractivity contribution in [1.29, 1.82) is 0 Å². The lowest BCUT2D eigenvalue weighted by molar-refractivity contribution is 0.0906. The molecule has 0 aliphatic heterocycles. The smallest absolute Gasteiger partial charge is 0.219 e. The monoisotopic (exact) mass is 338 g/mol. The van der Waals surface area contributed by atoms with Crippen LogP contribution in [0.1, 0.15) is 10.5 Å². The fraction of sp³-hybridized carbons (Fsp3) is 0.286. The summed E-state index contributed by atoms with van der Waals surface area (Å²) in [5.41, 5.74) is 0.498. The molecule has 20 heavy (non-hydrogen) atoms. The van der Waals surface area contributed by atoms with Gasteiger partial charge in [-0.25, -0.2) is 0 Å². The topological polar surface area (TPSA) is 53.4 Å². The highest BCUT2D eigenvalue weighted by Gasteiger charge is 2.17. The van der Waals surface area contributed by atoms with Crippen LogP contribution in [0, 0.1) is 0 Å². The first-order valence-electron chi connectivity index (χ1n) is 6.13. The number of ketones is 1. The zero-order chi connectivity index (χ0) is 14.4. The Morgan fingerprint density at radius 1 is 1.35 bits per heavy atom. The van der Waals surface area contributed by atoms with Crippen molar-refractivity contribution >= 4 is 21.7 Å². The molecule has 1 aromatic heterocycles. The summed E-state index contributed by atoms with van der Waals surface area (Å²) in [5, 5.41) is 4.14. The number of benzene rings is 1. The summed E-state index contributed by atoms with van der Waals surface area (Å²) in [6, 6.07) is 9.23. The molecule has 0 unspecified atom stereocenters. The number of hydrogen-bond acceptors (Lipinski definition) is 4. The molecule has 0 fully saturated rings. The molecule has 0 bridgehead atoms. The fourth-order valence-electron chi connectivity index (χ4n) is 1.72. The Labute approximate surface area is 125 Å². The van der Waals surface area contributed by atoms with Crippen LogP contribution in [0.15, 0.2) is 41.0 Å². The van der Waals surface area contributed by atoms with Gasteiger partial charge in [-0.2, -0.15) is 5.10 Å². The number of rotatable bonds is 7. The summed E-state index contributed by atoms with van der Waals surface area (Å²) < 4.78 is 12.7. The molecule has 0 N–H and O–H groups in total. The zero-order valence-corrected chi connectivity index (χ0v) is 12.7. The molecule has 6 heteroatoms. The van der Waals surface area contributed by atoms with E-state index in [4.69, 9.17) is 9.47 Å². The van der Waals surface area contributed by atoms with Gasteiger partial charge in [0.2, 0.25) is 5.78 Å². The summed E-state index contributed by atoms with van der Waals surface area (Å²) in [7, 11) is 1.61. The Balaban J connectivity index is 2.03. The average molecular weight is 339 g/mol. The molecule has 0 aliphatic rings. The number of methoxy groups -OCH3 is 1. The van der Waals surface area contributed by atoms with E-state index in [1.54, 1.807) is 18.0 Å². The summed E-state index contributed by atoms with van der Waals surface area (Å²) in [5.74, 6) is 0.536. The van der Waals surface area contributed by atoms with Crippen molar-refractivity contribution in [2.45, 2.75) is 6.54 Å². The van der Waals surface area contributed by atoms with Crippen LogP contribution < -0.4 is 4.74 Å². The lowest BCUT2D eigenvalue weighted by Gasteiger charge is -2.08. The van der Waals surface area contributed by atoms with Crippen LogP contribution >= 0.6 is 15.9 Å². The number of carbonyl (C=O) groups is 1. The number of carbonyl (C=O) groups excluding carboxylic acids is 1. The average Bonchev–Trinajstić information content (AvgIpc) is 2.84. The molecule has 0 aliphatic carbocycles. The lowest BCUT2D eigenvalue weighted by Crippen LogP contribution is -2.19. The van der Waals surface area contributed by atoms with Crippen LogP contribution in [0.5, 0.6) is 5.75 Å². The van der Waals surface area contributed by atoms with Gasteiger partial charge in [0.1, 0.15) is 11.4 Å². The van der Waals surface area contributed by atoms with E-state index in [-0.39, 0.29) is 12.4 Å². The third kappa shape index (κ3) is 3.68. The Hall–Kier alpha value is -1.66. The van der Waals surface area contributed by atoms with Gasteiger partial charge in [-0.1, -0.05) is 18.2 Å². The van der Waals surface area contributed by atoms with E-state index in [9.17, 15) is 4.79 Å². The molecule has 2 rings (SSSR count). The zero-order valence-electron chi connectivity index (χ0n) is 11.1. The van der Waals surface area contributed by atoms with E-state index < -0.39 is 0 Å². The van der Waals surface area contributed by atoms with Crippen LogP contribution in [0.3, 0.4) is 0 Å². The maximum atomic E-state index is 12.2. The number of halogens is 1. The maximum absolute atomic E-state index is 12.2. The number of ether oxygens (including phenoxy) is 2. The lowest BCUT2D eigenvalue weighted by atomic mass is 10.3. The SMILES string of the molecule is COCCn1ncc(Br)c1C(=O)COc1ccccc1. The van der Waals surface area contributed by atoms with Gasteiger partial charge in [0, 0.05) is 7.11 Å². The van der Waals surface area contributed by atoms with Crippen LogP contribution in [-0.4, -0.2) is 35.9 Å². The Bertz CT molecular complexity index is 569. The van der Waals surface area contributed by atoms with Crippen LogP contribution in [0.25, 0.3) is 0 Å². The molecule has 5 nitrogen and oxygen atoms in total. The van der Waals surface area contributed by atoms with Crippen molar-refractivity contribution in [1.82, 2.24) is 9.78 Å². The highest BCUT2D eigenvalue weighted by molar-refractivity contribution is 9.10. The second-order valence-electron chi connectivity index (χ2n) is 4.08. The van der Waals surface area contributed by atoms with Crippen molar-refractivity contribution in [3.63, 3.8) is 0 Å². The van der Waals surface area contributed by atoms with Crippen molar-refractivity contribution in [3.8, 4) is 5.75 Å². The minimum absolute atomic E-state index is 0.0265. The third-order valence-corrected chi connectivity index (χ3v) is 3.26. The predicted octanol–water partition coefficient (Wildman–Crippen LogP) is 2.55. The molecule has 0 spiro atoms. The normalized spacial score (nSPS) is 10.5. The molecule has 0 saturated heterocycles. The van der Waals surface area contributed by atoms with Crippen molar-refractivity contribution in [3.05, 3.63) is 46.7 Å². The van der Waals surface area contributed by atoms with E-state index in [1.165, 1.54) is 0 Å². The summed E-state index contributed by atoms with van der Waals surface area (Å²) in [6.07, 6.45) is 1.60. The van der Waals surface area contributed by atoms with Gasteiger partial charge in [-0.15, -0.1) is 0 Å². The van der Waals surface area contributed by atoms with Crippen molar-refractivity contribution < 1.29 is 14.3 Å². The molecule has 0 amide bonds. The maximum Gasteiger partial charge on any atom is 0.219 e. The number of aromatic nitrogens is 2. The first-order chi connectivity index (χ1) is 9.72. The minimum Gasteiger partial charge on any atom is -0.485 e. The highest BCUT2D eigenvalue weighted by Crippen LogP contribution is 2.17. The molecule has 2 aromatic rings. The van der Waals surface area contributed by atoms with Gasteiger partial charge in [0.15, 0.2) is 6.61 Å². The van der Waals surface area contributed by atoms with Gasteiger partial charge >= 0.3 is 0 Å². The van der Waals surface area contributed by atoms with E-state index in [2.05, 4.69) is 21.0 Å². The third-order valence-electron chi connectivity index (χ3n) is 2.68. The number of para-hydroxylation sites is 1. The van der Waals surface area contributed by atoms with Gasteiger partial charge < -0.3 is 9.47 Å². The Kier molecular flexibility index (Phi) is 5.31. The summed E-state index contributed by atoms with van der Waals surface area (Å²) in [4.78, 5) is 12.2. The number of hydrogen-bond donors (Lipinski definition) is 0. The summed E-state index contributed by atoms with van der Waals surface area (Å²) in [6.45, 7) is 0.990. The van der Waals surface area contributed by atoms with Crippen LogP contribution in [0.2, 0.25) is 0 Å². The molecule has 1 aromatic carbocycles. The molecule has 0 atom stereocenters. The van der Waals surface area contributed by atoms with Gasteiger partial charge in [0.05, 0.1) is 23.8 Å².